The molecule has 0 saturated heterocycles. The van der Waals surface area contributed by atoms with Gasteiger partial charge in [-0.15, -0.1) is 6.58 Å². The van der Waals surface area contributed by atoms with Gasteiger partial charge in [0.05, 0.1) is 13.0 Å². The highest BCUT2D eigenvalue weighted by Crippen LogP contribution is 2.28. The molecule has 0 bridgehead atoms. The Morgan fingerprint density at radius 1 is 1.17 bits per heavy atom. The zero-order chi connectivity index (χ0) is 27.5. The van der Waals surface area contributed by atoms with E-state index in [1.807, 2.05) is 32.0 Å². The lowest BCUT2D eigenvalue weighted by atomic mass is 9.93. The van der Waals surface area contributed by atoms with Gasteiger partial charge in [-0.1, -0.05) is 24.3 Å². The molecule has 0 aliphatic heterocycles. The zero-order valence-electron chi connectivity index (χ0n) is 22.1. The lowest BCUT2D eigenvalue weighted by molar-refractivity contribution is -0.144. The standard InChI is InChI=1S/C26H39N3O6S/c1-8-15-29(24(32)19(16-36)28-25(33)35-26(5,6)7)22(21-17(3)11-10-12-18(21)4)23(31)27-14-13-20(30)34-9-2/h8,10-12,19,22,36H,1,9,13-16H2,2-7H3,(H,27,31)(H,28,33). The summed E-state index contributed by atoms with van der Waals surface area (Å²) in [5, 5.41) is 5.30. The van der Waals surface area contributed by atoms with Crippen LogP contribution in [0.5, 0.6) is 0 Å². The Hall–Kier alpha value is -3.01. The van der Waals surface area contributed by atoms with Crippen molar-refractivity contribution in [3.05, 3.63) is 47.5 Å². The van der Waals surface area contributed by atoms with Crippen LogP contribution in [0.2, 0.25) is 0 Å². The molecule has 0 spiro atoms. The number of hydrogen-bond donors (Lipinski definition) is 3. The number of rotatable bonds is 12. The molecule has 0 heterocycles. The molecular formula is C26H39N3O6S. The Balaban J connectivity index is 3.36. The number of carbonyl (C=O) groups is 4. The molecule has 0 aliphatic carbocycles. The molecule has 1 aromatic rings. The lowest BCUT2D eigenvalue weighted by Crippen LogP contribution is -2.54. The highest BCUT2D eigenvalue weighted by atomic mass is 32.1. The number of carbonyl (C=O) groups excluding carboxylic acids is 4. The maximum absolute atomic E-state index is 13.7. The van der Waals surface area contributed by atoms with Crippen molar-refractivity contribution in [3.8, 4) is 0 Å². The van der Waals surface area contributed by atoms with E-state index >= 15 is 0 Å². The third-order valence-electron chi connectivity index (χ3n) is 5.09. The van der Waals surface area contributed by atoms with E-state index in [9.17, 15) is 19.2 Å². The number of aryl methyl sites for hydroxylation is 2. The van der Waals surface area contributed by atoms with E-state index < -0.39 is 41.6 Å². The Kier molecular flexibility index (Phi) is 12.5. The Morgan fingerprint density at radius 3 is 2.28 bits per heavy atom. The first kappa shape index (κ1) is 31.0. The summed E-state index contributed by atoms with van der Waals surface area (Å²) in [5.41, 5.74) is 1.51. The van der Waals surface area contributed by atoms with Gasteiger partial charge in [-0.05, 0) is 58.2 Å². The van der Waals surface area contributed by atoms with E-state index in [2.05, 4.69) is 29.8 Å². The molecule has 0 radical (unpaired) electrons. The van der Waals surface area contributed by atoms with Gasteiger partial charge >= 0.3 is 12.1 Å². The van der Waals surface area contributed by atoms with Crippen LogP contribution in [-0.2, 0) is 23.9 Å². The average Bonchev–Trinajstić information content (AvgIpc) is 2.77. The topological polar surface area (TPSA) is 114 Å². The molecule has 2 N–H and O–H groups in total. The maximum atomic E-state index is 13.7. The van der Waals surface area contributed by atoms with Gasteiger partial charge < -0.3 is 25.0 Å². The lowest BCUT2D eigenvalue weighted by Gasteiger charge is -2.34. The molecule has 3 amide bonds. The van der Waals surface area contributed by atoms with Crippen LogP contribution in [0.25, 0.3) is 0 Å². The fourth-order valence-corrected chi connectivity index (χ4v) is 3.85. The van der Waals surface area contributed by atoms with Gasteiger partial charge in [-0.3, -0.25) is 14.4 Å². The molecule has 0 fully saturated rings. The van der Waals surface area contributed by atoms with Crippen LogP contribution >= 0.6 is 12.6 Å². The molecular weight excluding hydrogens is 482 g/mol. The van der Waals surface area contributed by atoms with Crippen LogP contribution in [0.3, 0.4) is 0 Å². The SMILES string of the molecule is C=CCN(C(=O)C(CS)NC(=O)OC(C)(C)C)C(C(=O)NCCC(=O)OCC)c1c(C)cccc1C. The smallest absolute Gasteiger partial charge is 0.408 e. The second-order valence-corrected chi connectivity index (χ2v) is 9.58. The number of benzene rings is 1. The quantitative estimate of drug-likeness (QED) is 0.221. The third-order valence-corrected chi connectivity index (χ3v) is 5.45. The Labute approximate surface area is 219 Å². The minimum atomic E-state index is -1.05. The number of amides is 3. The second-order valence-electron chi connectivity index (χ2n) is 9.21. The molecule has 1 aromatic carbocycles. The van der Waals surface area contributed by atoms with Gasteiger partial charge in [0.25, 0.3) is 0 Å². The fourth-order valence-electron chi connectivity index (χ4n) is 3.60. The number of hydrogen-bond acceptors (Lipinski definition) is 7. The molecule has 36 heavy (non-hydrogen) atoms. The molecule has 0 aromatic heterocycles. The molecule has 0 aliphatic rings. The van der Waals surface area contributed by atoms with Crippen molar-refractivity contribution >= 4 is 36.5 Å². The highest BCUT2D eigenvalue weighted by molar-refractivity contribution is 7.80. The summed E-state index contributed by atoms with van der Waals surface area (Å²) >= 11 is 4.26. The Morgan fingerprint density at radius 2 is 1.78 bits per heavy atom. The van der Waals surface area contributed by atoms with Gasteiger partial charge in [0.15, 0.2) is 0 Å². The molecule has 2 atom stereocenters. The molecule has 10 heteroatoms. The van der Waals surface area contributed by atoms with Crippen LogP contribution in [0.15, 0.2) is 30.9 Å². The minimum absolute atomic E-state index is 0.00603. The number of ether oxygens (including phenoxy) is 2. The first-order valence-electron chi connectivity index (χ1n) is 11.9. The van der Waals surface area contributed by atoms with Crippen molar-refractivity contribution in [2.45, 2.75) is 65.6 Å². The van der Waals surface area contributed by atoms with Gasteiger partial charge in [0.2, 0.25) is 11.8 Å². The molecule has 0 saturated carbocycles. The number of nitrogens with one attached hydrogen (secondary N) is 2. The van der Waals surface area contributed by atoms with Crippen LogP contribution in [-0.4, -0.2) is 65.9 Å². The van der Waals surface area contributed by atoms with E-state index in [1.54, 1.807) is 27.7 Å². The summed E-state index contributed by atoms with van der Waals surface area (Å²) in [7, 11) is 0. The fraction of sp³-hybridized carbons (Fsp3) is 0.538. The van der Waals surface area contributed by atoms with E-state index in [0.717, 1.165) is 11.1 Å². The van der Waals surface area contributed by atoms with Crippen molar-refractivity contribution in [2.75, 3.05) is 25.4 Å². The van der Waals surface area contributed by atoms with Gasteiger partial charge in [-0.2, -0.15) is 12.6 Å². The van der Waals surface area contributed by atoms with E-state index in [1.165, 1.54) is 11.0 Å². The number of thiol groups is 1. The minimum Gasteiger partial charge on any atom is -0.466 e. The van der Waals surface area contributed by atoms with Crippen molar-refractivity contribution in [3.63, 3.8) is 0 Å². The summed E-state index contributed by atoms with van der Waals surface area (Å²) in [6.07, 6.45) is 0.734. The first-order chi connectivity index (χ1) is 16.9. The summed E-state index contributed by atoms with van der Waals surface area (Å²) in [4.78, 5) is 52.6. The van der Waals surface area contributed by atoms with Crippen molar-refractivity contribution in [1.82, 2.24) is 15.5 Å². The molecule has 9 nitrogen and oxygen atoms in total. The van der Waals surface area contributed by atoms with Gasteiger partial charge in [-0.25, -0.2) is 4.79 Å². The number of alkyl carbamates (subject to hydrolysis) is 1. The molecule has 2 unspecified atom stereocenters. The van der Waals surface area contributed by atoms with Gasteiger partial charge in [0.1, 0.15) is 17.7 Å². The zero-order valence-corrected chi connectivity index (χ0v) is 22.9. The summed E-state index contributed by atoms with van der Waals surface area (Å²) in [5.74, 6) is -1.45. The van der Waals surface area contributed by atoms with E-state index in [4.69, 9.17) is 9.47 Å². The summed E-state index contributed by atoms with van der Waals surface area (Å²) in [6.45, 7) is 14.6. The summed E-state index contributed by atoms with van der Waals surface area (Å²) < 4.78 is 10.2. The Bertz CT molecular complexity index is 924. The highest BCUT2D eigenvalue weighted by Gasteiger charge is 2.36. The van der Waals surface area contributed by atoms with Crippen LogP contribution in [0, 0.1) is 13.8 Å². The maximum Gasteiger partial charge on any atom is 0.408 e. The summed E-state index contributed by atoms with van der Waals surface area (Å²) in [6, 6.07) is 3.48. The van der Waals surface area contributed by atoms with Crippen LogP contribution in [0.4, 0.5) is 4.79 Å². The van der Waals surface area contributed by atoms with E-state index in [-0.39, 0.29) is 31.9 Å². The van der Waals surface area contributed by atoms with Gasteiger partial charge in [0, 0.05) is 18.8 Å². The van der Waals surface area contributed by atoms with Crippen molar-refractivity contribution in [2.24, 2.45) is 0 Å². The third kappa shape index (κ3) is 9.56. The first-order valence-corrected chi connectivity index (χ1v) is 12.5. The average molecular weight is 522 g/mol. The molecule has 200 valence electrons. The predicted molar refractivity (Wildman–Crippen MR) is 142 cm³/mol. The monoisotopic (exact) mass is 521 g/mol. The predicted octanol–water partition coefficient (Wildman–Crippen LogP) is 3.25. The number of nitrogens with zero attached hydrogens (tertiary/aromatic N) is 1. The van der Waals surface area contributed by atoms with Crippen LogP contribution < -0.4 is 10.6 Å². The van der Waals surface area contributed by atoms with Crippen molar-refractivity contribution < 1.29 is 28.7 Å². The molecule has 1 rings (SSSR count). The second kappa shape index (κ2) is 14.5. The van der Waals surface area contributed by atoms with Crippen LogP contribution in [0.1, 0.15) is 56.8 Å². The largest absolute Gasteiger partial charge is 0.466 e. The number of esters is 1. The van der Waals surface area contributed by atoms with Crippen molar-refractivity contribution in [1.29, 1.82) is 0 Å². The normalized spacial score (nSPS) is 12.6. The van der Waals surface area contributed by atoms with E-state index in [0.29, 0.717) is 5.56 Å².